The maximum atomic E-state index is 5.59. The van der Waals surface area contributed by atoms with E-state index in [2.05, 4.69) is 34.3 Å². The average molecular weight is 198 g/mol. The van der Waals surface area contributed by atoms with Gasteiger partial charge in [0.15, 0.2) is 0 Å². The van der Waals surface area contributed by atoms with Crippen LogP contribution in [0.2, 0.25) is 0 Å². The summed E-state index contributed by atoms with van der Waals surface area (Å²) in [6.07, 6.45) is 0. The lowest BCUT2D eigenvalue weighted by atomic mass is 9.93. The van der Waals surface area contributed by atoms with Crippen molar-refractivity contribution in [2.75, 3.05) is 26.4 Å². The molecular formula is C8H18N6. The lowest BCUT2D eigenvalue weighted by Gasteiger charge is -2.27. The van der Waals surface area contributed by atoms with Crippen LogP contribution < -0.4 is 5.73 Å². The van der Waals surface area contributed by atoms with Gasteiger partial charge in [0, 0.05) is 6.54 Å². The molecule has 0 saturated carbocycles. The van der Waals surface area contributed by atoms with Gasteiger partial charge >= 0.3 is 0 Å². The number of hydrogen-bond donors (Lipinski definition) is 1. The molecule has 0 fully saturated rings. The summed E-state index contributed by atoms with van der Waals surface area (Å²) >= 11 is 0. The van der Waals surface area contributed by atoms with Gasteiger partial charge in [0.25, 0.3) is 0 Å². The third-order valence-corrected chi connectivity index (χ3v) is 1.88. The zero-order chi connectivity index (χ0) is 10.8. The smallest absolute Gasteiger partial charge is 0.240 e. The Morgan fingerprint density at radius 3 is 2.50 bits per heavy atom. The molecule has 0 aliphatic heterocycles. The van der Waals surface area contributed by atoms with E-state index in [0.29, 0.717) is 5.95 Å². The lowest BCUT2D eigenvalue weighted by molar-refractivity contribution is 0.204. The van der Waals surface area contributed by atoms with E-state index in [-0.39, 0.29) is 5.41 Å². The number of aromatic nitrogens is 4. The van der Waals surface area contributed by atoms with Gasteiger partial charge in [-0.05, 0) is 29.9 Å². The summed E-state index contributed by atoms with van der Waals surface area (Å²) in [5.74, 6) is 0.372. The lowest BCUT2D eigenvalue weighted by Crippen LogP contribution is -2.33. The van der Waals surface area contributed by atoms with E-state index in [0.717, 1.165) is 13.1 Å². The summed E-state index contributed by atoms with van der Waals surface area (Å²) in [5.41, 5.74) is 5.70. The molecule has 80 valence electrons. The molecule has 1 rings (SSSR count). The fourth-order valence-corrected chi connectivity index (χ4v) is 1.64. The van der Waals surface area contributed by atoms with Crippen LogP contribution in [0.4, 0.5) is 5.95 Å². The minimum Gasteiger partial charge on any atom is -0.367 e. The van der Waals surface area contributed by atoms with Crippen LogP contribution in [0, 0.1) is 5.41 Å². The highest BCUT2D eigenvalue weighted by Gasteiger charge is 2.21. The van der Waals surface area contributed by atoms with Crippen LogP contribution in [-0.2, 0) is 6.54 Å². The molecule has 0 aliphatic rings. The molecule has 6 nitrogen and oxygen atoms in total. The van der Waals surface area contributed by atoms with Gasteiger partial charge in [-0.1, -0.05) is 18.9 Å². The molecule has 14 heavy (non-hydrogen) atoms. The summed E-state index contributed by atoms with van der Waals surface area (Å²) in [5, 5.41) is 11.0. The number of nitrogen functional groups attached to an aromatic ring is 1. The zero-order valence-corrected chi connectivity index (χ0v) is 9.23. The third-order valence-electron chi connectivity index (χ3n) is 1.88. The molecule has 0 aliphatic carbocycles. The minimum absolute atomic E-state index is 0.104. The topological polar surface area (TPSA) is 72.9 Å². The minimum atomic E-state index is 0.104. The number of tetrazole rings is 1. The van der Waals surface area contributed by atoms with E-state index in [9.17, 15) is 0 Å². The Labute approximate surface area is 84.1 Å². The monoisotopic (exact) mass is 198 g/mol. The predicted molar refractivity (Wildman–Crippen MR) is 54.6 cm³/mol. The van der Waals surface area contributed by atoms with Gasteiger partial charge in [0.1, 0.15) is 0 Å². The van der Waals surface area contributed by atoms with Crippen molar-refractivity contribution in [1.82, 2.24) is 25.1 Å². The first kappa shape index (κ1) is 10.9. The second-order valence-corrected chi connectivity index (χ2v) is 4.60. The Morgan fingerprint density at radius 1 is 1.43 bits per heavy atom. The summed E-state index contributed by atoms with van der Waals surface area (Å²) in [6.45, 7) is 6.01. The Hall–Kier alpha value is -1.17. The van der Waals surface area contributed by atoms with Crippen LogP contribution >= 0.6 is 0 Å². The second kappa shape index (κ2) is 3.91. The second-order valence-electron chi connectivity index (χ2n) is 4.60. The number of hydrogen-bond acceptors (Lipinski definition) is 5. The first-order valence-corrected chi connectivity index (χ1v) is 4.57. The molecule has 0 unspecified atom stereocenters. The van der Waals surface area contributed by atoms with E-state index in [1.54, 1.807) is 4.68 Å². The van der Waals surface area contributed by atoms with Crippen molar-refractivity contribution in [3.63, 3.8) is 0 Å². The van der Waals surface area contributed by atoms with Gasteiger partial charge < -0.3 is 10.6 Å². The largest absolute Gasteiger partial charge is 0.367 e. The van der Waals surface area contributed by atoms with Crippen molar-refractivity contribution >= 4 is 5.95 Å². The molecule has 0 atom stereocenters. The van der Waals surface area contributed by atoms with Crippen molar-refractivity contribution in [2.45, 2.75) is 20.4 Å². The van der Waals surface area contributed by atoms with E-state index < -0.39 is 0 Å². The fraction of sp³-hybridized carbons (Fsp3) is 0.875. The van der Waals surface area contributed by atoms with Crippen LogP contribution in [0.3, 0.4) is 0 Å². The summed E-state index contributed by atoms with van der Waals surface area (Å²) in [7, 11) is 4.09. The maximum Gasteiger partial charge on any atom is 0.240 e. The van der Waals surface area contributed by atoms with Crippen LogP contribution in [0.1, 0.15) is 13.8 Å². The zero-order valence-electron chi connectivity index (χ0n) is 9.23. The molecule has 0 radical (unpaired) electrons. The molecule has 6 heteroatoms. The molecule has 0 spiro atoms. The van der Waals surface area contributed by atoms with Crippen molar-refractivity contribution in [1.29, 1.82) is 0 Å². The molecule has 2 N–H and O–H groups in total. The normalized spacial score (nSPS) is 12.4. The van der Waals surface area contributed by atoms with Crippen molar-refractivity contribution in [2.24, 2.45) is 5.41 Å². The van der Waals surface area contributed by atoms with Gasteiger partial charge in [-0.2, -0.15) is 0 Å². The van der Waals surface area contributed by atoms with Gasteiger partial charge in [0.2, 0.25) is 5.95 Å². The van der Waals surface area contributed by atoms with Crippen LogP contribution in [0.15, 0.2) is 0 Å². The van der Waals surface area contributed by atoms with Gasteiger partial charge in [-0.15, -0.1) is 0 Å². The molecule has 0 saturated heterocycles. The van der Waals surface area contributed by atoms with E-state index in [1.165, 1.54) is 0 Å². The molecule has 0 amide bonds. The Kier molecular flexibility index (Phi) is 3.05. The van der Waals surface area contributed by atoms with Crippen LogP contribution in [-0.4, -0.2) is 45.7 Å². The first-order valence-electron chi connectivity index (χ1n) is 4.57. The molecular weight excluding hydrogens is 180 g/mol. The van der Waals surface area contributed by atoms with Gasteiger partial charge in [-0.25, -0.2) is 4.68 Å². The van der Waals surface area contributed by atoms with Crippen LogP contribution in [0.25, 0.3) is 0 Å². The number of rotatable bonds is 4. The van der Waals surface area contributed by atoms with Crippen LogP contribution in [0.5, 0.6) is 0 Å². The summed E-state index contributed by atoms with van der Waals surface area (Å²) < 4.78 is 1.63. The third kappa shape index (κ3) is 2.95. The van der Waals surface area contributed by atoms with Crippen molar-refractivity contribution in [3.8, 4) is 0 Å². The molecule has 1 aromatic rings. The van der Waals surface area contributed by atoms with Crippen molar-refractivity contribution in [3.05, 3.63) is 0 Å². The van der Waals surface area contributed by atoms with Gasteiger partial charge in [0.05, 0.1) is 6.54 Å². The molecule has 0 aromatic carbocycles. The average Bonchev–Trinajstić information content (AvgIpc) is 2.32. The summed E-state index contributed by atoms with van der Waals surface area (Å²) in [6, 6.07) is 0. The fourth-order valence-electron chi connectivity index (χ4n) is 1.64. The Morgan fingerprint density at radius 2 is 2.07 bits per heavy atom. The highest BCUT2D eigenvalue weighted by atomic mass is 15.6. The predicted octanol–water partition coefficient (Wildman–Crippen LogP) is -0.157. The highest BCUT2D eigenvalue weighted by Crippen LogP contribution is 2.18. The molecule has 1 heterocycles. The van der Waals surface area contributed by atoms with Gasteiger partial charge in [-0.3, -0.25) is 0 Å². The summed E-state index contributed by atoms with van der Waals surface area (Å²) in [4.78, 5) is 2.14. The number of anilines is 1. The Balaban J connectivity index is 2.63. The van der Waals surface area contributed by atoms with E-state index >= 15 is 0 Å². The molecule has 1 aromatic heterocycles. The Bertz CT molecular complexity index is 290. The standard InChI is InChI=1S/C8H18N6/c1-8(2,5-13(3)4)6-14-7(9)10-11-12-14/h5-6H2,1-4H3,(H2,9,10,12). The maximum absolute atomic E-state index is 5.59. The first-order chi connectivity index (χ1) is 6.41. The number of nitrogens with zero attached hydrogens (tertiary/aromatic N) is 5. The van der Waals surface area contributed by atoms with E-state index in [1.807, 2.05) is 14.1 Å². The SMILES string of the molecule is CN(C)CC(C)(C)Cn1nnnc1N. The number of nitrogens with two attached hydrogens (primary N) is 1. The highest BCUT2D eigenvalue weighted by molar-refractivity contribution is 5.10. The van der Waals surface area contributed by atoms with Crippen molar-refractivity contribution < 1.29 is 0 Å². The molecule has 0 bridgehead atoms. The quantitative estimate of drug-likeness (QED) is 0.728. The van der Waals surface area contributed by atoms with E-state index in [4.69, 9.17) is 5.73 Å².